The lowest BCUT2D eigenvalue weighted by atomic mass is 9.97. The van der Waals surface area contributed by atoms with E-state index in [1.807, 2.05) is 26.8 Å². The van der Waals surface area contributed by atoms with Gasteiger partial charge in [0.05, 0.1) is 14.2 Å². The van der Waals surface area contributed by atoms with E-state index in [0.717, 1.165) is 16.7 Å². The number of carbonyl (C=O) groups is 1. The second-order valence-electron chi connectivity index (χ2n) is 9.84. The van der Waals surface area contributed by atoms with Gasteiger partial charge in [0.1, 0.15) is 5.69 Å². The van der Waals surface area contributed by atoms with Gasteiger partial charge in [-0.25, -0.2) is 8.42 Å². The number of amides is 1. The summed E-state index contributed by atoms with van der Waals surface area (Å²) in [6, 6.07) is 9.32. The molecule has 0 atom stereocenters. The van der Waals surface area contributed by atoms with Crippen LogP contribution < -0.4 is 14.8 Å². The SMILES string of the molecule is COc1ccc(NC(=O)C2CCN(S(=O)(=O)c3c(C)noc3C=Cc3c(C)cc(C)cc3C)CC2)cc1OC. The van der Waals surface area contributed by atoms with Gasteiger partial charge in [-0.2, -0.15) is 4.31 Å². The molecule has 4 rings (SSSR count). The smallest absolute Gasteiger partial charge is 0.248 e. The second kappa shape index (κ2) is 11.6. The lowest BCUT2D eigenvalue weighted by Gasteiger charge is -2.30. The normalized spacial score (nSPS) is 15.0. The molecule has 0 spiro atoms. The van der Waals surface area contributed by atoms with Crippen LogP contribution in [0.15, 0.2) is 39.8 Å². The highest BCUT2D eigenvalue weighted by molar-refractivity contribution is 7.89. The molecule has 9 nitrogen and oxygen atoms in total. The Hall–Kier alpha value is -3.63. The van der Waals surface area contributed by atoms with E-state index in [0.29, 0.717) is 35.7 Å². The van der Waals surface area contributed by atoms with Crippen LogP contribution in [0, 0.1) is 33.6 Å². The molecule has 1 fully saturated rings. The van der Waals surface area contributed by atoms with Crippen LogP contribution in [0.1, 0.15) is 46.5 Å². The number of methoxy groups -OCH3 is 2. The summed E-state index contributed by atoms with van der Waals surface area (Å²) >= 11 is 0. The number of hydrogen-bond donors (Lipinski definition) is 1. The predicted molar refractivity (Wildman–Crippen MR) is 150 cm³/mol. The molecule has 0 radical (unpaired) electrons. The number of nitrogens with one attached hydrogen (secondary N) is 1. The van der Waals surface area contributed by atoms with Crippen molar-refractivity contribution in [1.29, 1.82) is 0 Å². The molecule has 2 heterocycles. The van der Waals surface area contributed by atoms with Crippen molar-refractivity contribution < 1.29 is 27.2 Å². The molecule has 0 saturated carbocycles. The van der Waals surface area contributed by atoms with E-state index < -0.39 is 10.0 Å². The van der Waals surface area contributed by atoms with Gasteiger partial charge in [-0.1, -0.05) is 28.9 Å². The van der Waals surface area contributed by atoms with Gasteiger partial charge >= 0.3 is 0 Å². The highest BCUT2D eigenvalue weighted by Gasteiger charge is 2.36. The maximum atomic E-state index is 13.6. The zero-order chi connectivity index (χ0) is 28.3. The van der Waals surface area contributed by atoms with Crippen molar-refractivity contribution in [2.75, 3.05) is 32.6 Å². The van der Waals surface area contributed by atoms with Crippen molar-refractivity contribution in [3.8, 4) is 11.5 Å². The van der Waals surface area contributed by atoms with Crippen molar-refractivity contribution in [2.45, 2.75) is 45.4 Å². The maximum Gasteiger partial charge on any atom is 0.248 e. The number of anilines is 1. The maximum absolute atomic E-state index is 13.6. The van der Waals surface area contributed by atoms with Crippen LogP contribution in [-0.2, 0) is 14.8 Å². The van der Waals surface area contributed by atoms with Crippen molar-refractivity contribution in [1.82, 2.24) is 9.46 Å². The molecular formula is C29H35N3O6S. The van der Waals surface area contributed by atoms with Gasteiger partial charge in [0.15, 0.2) is 22.2 Å². The molecule has 39 heavy (non-hydrogen) atoms. The number of sulfonamides is 1. The number of nitrogens with zero attached hydrogens (tertiary/aromatic N) is 2. The van der Waals surface area contributed by atoms with Crippen LogP contribution in [0.3, 0.4) is 0 Å². The van der Waals surface area contributed by atoms with Crippen molar-refractivity contribution in [2.24, 2.45) is 5.92 Å². The quantitative estimate of drug-likeness (QED) is 0.411. The minimum Gasteiger partial charge on any atom is -0.493 e. The predicted octanol–water partition coefficient (Wildman–Crippen LogP) is 5.14. The van der Waals surface area contributed by atoms with Gasteiger partial charge in [0, 0.05) is 30.8 Å². The fraction of sp³-hybridized carbons (Fsp3) is 0.379. The van der Waals surface area contributed by atoms with E-state index in [1.54, 1.807) is 38.3 Å². The molecule has 1 aliphatic heterocycles. The van der Waals surface area contributed by atoms with E-state index in [2.05, 4.69) is 22.6 Å². The van der Waals surface area contributed by atoms with Crippen LogP contribution in [0.2, 0.25) is 0 Å². The van der Waals surface area contributed by atoms with Crippen LogP contribution in [-0.4, -0.2) is 51.1 Å². The fourth-order valence-corrected chi connectivity index (χ4v) is 6.78. The molecule has 2 aromatic carbocycles. The van der Waals surface area contributed by atoms with Crippen LogP contribution in [0.25, 0.3) is 12.2 Å². The Morgan fingerprint density at radius 1 is 1.00 bits per heavy atom. The van der Waals surface area contributed by atoms with Gasteiger partial charge < -0.3 is 19.3 Å². The van der Waals surface area contributed by atoms with Gasteiger partial charge in [-0.3, -0.25) is 4.79 Å². The Balaban J connectivity index is 1.46. The Morgan fingerprint density at radius 2 is 1.64 bits per heavy atom. The van der Waals surface area contributed by atoms with Crippen LogP contribution in [0.4, 0.5) is 5.69 Å². The van der Waals surface area contributed by atoms with E-state index in [9.17, 15) is 13.2 Å². The summed E-state index contributed by atoms with van der Waals surface area (Å²) in [6.07, 6.45) is 4.33. The molecule has 208 valence electrons. The molecule has 0 unspecified atom stereocenters. The van der Waals surface area contributed by atoms with E-state index in [1.165, 1.54) is 17.0 Å². The van der Waals surface area contributed by atoms with Crippen molar-refractivity contribution >= 4 is 33.8 Å². The molecule has 10 heteroatoms. The second-order valence-corrected chi connectivity index (χ2v) is 11.7. The Labute approximate surface area is 229 Å². The lowest BCUT2D eigenvalue weighted by Crippen LogP contribution is -2.41. The number of ether oxygens (including phenoxy) is 2. The molecule has 1 aliphatic rings. The number of hydrogen-bond acceptors (Lipinski definition) is 7. The minimum absolute atomic E-state index is 0.0643. The van der Waals surface area contributed by atoms with Crippen LogP contribution in [0.5, 0.6) is 11.5 Å². The summed E-state index contributed by atoms with van der Waals surface area (Å²) < 4.78 is 44.7. The minimum atomic E-state index is -3.87. The van der Waals surface area contributed by atoms with Gasteiger partial charge in [0.2, 0.25) is 15.9 Å². The van der Waals surface area contributed by atoms with Crippen molar-refractivity contribution in [3.63, 3.8) is 0 Å². The fourth-order valence-electron chi connectivity index (χ4n) is 5.06. The molecule has 1 saturated heterocycles. The first kappa shape index (κ1) is 28.4. The monoisotopic (exact) mass is 553 g/mol. The molecule has 0 aliphatic carbocycles. The first-order valence-corrected chi connectivity index (χ1v) is 14.2. The van der Waals surface area contributed by atoms with E-state index >= 15 is 0 Å². The summed E-state index contributed by atoms with van der Waals surface area (Å²) in [6.45, 7) is 8.15. The Bertz CT molecular complexity index is 1480. The standard InChI is InChI=1S/C29H35N3O6S/c1-18-15-19(2)24(20(3)16-18)8-10-26-28(21(4)31-38-26)39(34,35)32-13-11-22(12-14-32)29(33)30-23-7-9-25(36-5)27(17-23)37-6/h7-10,15-17,22H,11-14H2,1-6H3,(H,30,33). The Morgan fingerprint density at radius 3 is 2.26 bits per heavy atom. The topological polar surface area (TPSA) is 111 Å². The summed E-state index contributed by atoms with van der Waals surface area (Å²) in [5.41, 5.74) is 5.26. The summed E-state index contributed by atoms with van der Waals surface area (Å²) in [7, 11) is -0.796. The third kappa shape index (κ3) is 6.02. The molecular weight excluding hydrogens is 518 g/mol. The first-order chi connectivity index (χ1) is 18.5. The van der Waals surface area contributed by atoms with Gasteiger partial charge in [0.25, 0.3) is 0 Å². The summed E-state index contributed by atoms with van der Waals surface area (Å²) in [5, 5.41) is 6.86. The first-order valence-electron chi connectivity index (χ1n) is 12.8. The number of aryl methyl sites for hydroxylation is 4. The lowest BCUT2D eigenvalue weighted by molar-refractivity contribution is -0.120. The van der Waals surface area contributed by atoms with E-state index in [4.69, 9.17) is 14.0 Å². The van der Waals surface area contributed by atoms with Gasteiger partial charge in [-0.05, 0) is 75.4 Å². The molecule has 1 aromatic heterocycles. The number of piperidine rings is 1. The Kier molecular flexibility index (Phi) is 8.46. The molecule has 3 aromatic rings. The van der Waals surface area contributed by atoms with Crippen LogP contribution >= 0.6 is 0 Å². The molecule has 1 amide bonds. The number of carbonyl (C=O) groups excluding carboxylic acids is 1. The average Bonchev–Trinajstić information content (AvgIpc) is 3.28. The third-order valence-electron chi connectivity index (χ3n) is 7.05. The zero-order valence-corrected chi connectivity index (χ0v) is 24.0. The largest absolute Gasteiger partial charge is 0.493 e. The average molecular weight is 554 g/mol. The highest BCUT2D eigenvalue weighted by atomic mass is 32.2. The van der Waals surface area contributed by atoms with Gasteiger partial charge in [-0.15, -0.1) is 0 Å². The number of benzene rings is 2. The third-order valence-corrected chi connectivity index (χ3v) is 9.10. The molecule has 0 bridgehead atoms. The van der Waals surface area contributed by atoms with E-state index in [-0.39, 0.29) is 35.6 Å². The highest BCUT2D eigenvalue weighted by Crippen LogP contribution is 2.32. The molecule has 1 N–H and O–H groups in total. The number of rotatable bonds is 8. The van der Waals surface area contributed by atoms with Crippen molar-refractivity contribution in [3.05, 3.63) is 64.0 Å². The summed E-state index contributed by atoms with van der Waals surface area (Å²) in [4.78, 5) is 13.0. The number of aromatic nitrogens is 1. The zero-order valence-electron chi connectivity index (χ0n) is 23.2. The summed E-state index contributed by atoms with van der Waals surface area (Å²) in [5.74, 6) is 0.794.